The third-order valence-electron chi connectivity index (χ3n) is 4.50. The van der Waals surface area contributed by atoms with Gasteiger partial charge in [0.05, 0.1) is 0 Å². The molecule has 2 aromatic carbocycles. The highest BCUT2D eigenvalue weighted by Gasteiger charge is 2.28. The molecule has 5 nitrogen and oxygen atoms in total. The Morgan fingerprint density at radius 3 is 2.32 bits per heavy atom. The van der Waals surface area contributed by atoms with Crippen LogP contribution >= 0.6 is 34.8 Å². The SMILES string of the molecule is CCN(CC)CCNc1nc(-c2ccc3ccccc3c2)nc(C(Cl)(Cl)Cl)n1. The van der Waals surface area contributed by atoms with Crippen LogP contribution in [0.5, 0.6) is 0 Å². The van der Waals surface area contributed by atoms with Crippen molar-refractivity contribution < 1.29 is 0 Å². The van der Waals surface area contributed by atoms with Crippen molar-refractivity contribution in [2.24, 2.45) is 0 Å². The first-order valence-electron chi connectivity index (χ1n) is 9.19. The second-order valence-electron chi connectivity index (χ2n) is 6.32. The third kappa shape index (κ3) is 5.23. The highest BCUT2D eigenvalue weighted by molar-refractivity contribution is 6.66. The van der Waals surface area contributed by atoms with Gasteiger partial charge in [0.1, 0.15) is 0 Å². The number of anilines is 1. The molecule has 148 valence electrons. The van der Waals surface area contributed by atoms with Crippen LogP contribution in [0.2, 0.25) is 0 Å². The van der Waals surface area contributed by atoms with Crippen molar-refractivity contribution in [3.8, 4) is 11.4 Å². The van der Waals surface area contributed by atoms with Crippen LogP contribution in [-0.4, -0.2) is 46.0 Å². The van der Waals surface area contributed by atoms with E-state index in [9.17, 15) is 0 Å². The van der Waals surface area contributed by atoms with Gasteiger partial charge in [0.25, 0.3) is 0 Å². The molecule has 28 heavy (non-hydrogen) atoms. The van der Waals surface area contributed by atoms with Gasteiger partial charge in [-0.3, -0.25) is 0 Å². The summed E-state index contributed by atoms with van der Waals surface area (Å²) in [5, 5.41) is 5.45. The fraction of sp³-hybridized carbons (Fsp3) is 0.350. The maximum atomic E-state index is 6.06. The molecule has 0 aliphatic heterocycles. The fourth-order valence-corrected chi connectivity index (χ4v) is 3.16. The highest BCUT2D eigenvalue weighted by Crippen LogP contribution is 2.37. The first-order chi connectivity index (χ1) is 13.4. The first-order valence-corrected chi connectivity index (χ1v) is 10.3. The number of hydrogen-bond donors (Lipinski definition) is 1. The number of nitrogens with one attached hydrogen (secondary N) is 1. The Balaban J connectivity index is 1.93. The first kappa shape index (κ1) is 21.1. The van der Waals surface area contributed by atoms with Gasteiger partial charge in [-0.25, -0.2) is 4.98 Å². The summed E-state index contributed by atoms with van der Waals surface area (Å²) < 4.78 is -1.73. The van der Waals surface area contributed by atoms with Crippen molar-refractivity contribution >= 4 is 51.5 Å². The Hall–Kier alpha value is -1.66. The van der Waals surface area contributed by atoms with Gasteiger partial charge < -0.3 is 10.2 Å². The molecule has 3 rings (SSSR count). The number of rotatable bonds is 7. The van der Waals surface area contributed by atoms with Gasteiger partial charge in [-0.1, -0.05) is 85.0 Å². The normalized spacial score (nSPS) is 11.9. The van der Waals surface area contributed by atoms with Gasteiger partial charge in [0.2, 0.25) is 9.74 Å². The molecule has 0 radical (unpaired) electrons. The molecule has 0 saturated heterocycles. The molecule has 0 amide bonds. The van der Waals surface area contributed by atoms with Crippen molar-refractivity contribution in [1.29, 1.82) is 0 Å². The molecule has 0 atom stereocenters. The lowest BCUT2D eigenvalue weighted by molar-refractivity contribution is 0.316. The molecule has 1 heterocycles. The van der Waals surface area contributed by atoms with Gasteiger partial charge >= 0.3 is 0 Å². The largest absolute Gasteiger partial charge is 0.353 e. The summed E-state index contributed by atoms with van der Waals surface area (Å²) in [7, 11) is 0. The predicted octanol–water partition coefficient (Wildman–Crippen LogP) is 5.27. The van der Waals surface area contributed by atoms with Crippen LogP contribution in [0.1, 0.15) is 19.7 Å². The fourth-order valence-electron chi connectivity index (χ4n) is 2.90. The van der Waals surface area contributed by atoms with E-state index in [-0.39, 0.29) is 5.82 Å². The summed E-state index contributed by atoms with van der Waals surface area (Å²) in [4.78, 5) is 15.5. The zero-order chi connectivity index (χ0) is 20.1. The van der Waals surface area contributed by atoms with Crippen molar-refractivity contribution in [1.82, 2.24) is 19.9 Å². The molecule has 1 N–H and O–H groups in total. The number of halogens is 3. The Bertz CT molecular complexity index is 939. The predicted molar refractivity (Wildman–Crippen MR) is 118 cm³/mol. The molecule has 0 spiro atoms. The minimum atomic E-state index is -1.73. The van der Waals surface area contributed by atoms with E-state index in [0.717, 1.165) is 36.0 Å². The minimum Gasteiger partial charge on any atom is -0.353 e. The summed E-state index contributed by atoms with van der Waals surface area (Å²) in [6, 6.07) is 14.1. The quantitative estimate of drug-likeness (QED) is 0.509. The molecule has 0 bridgehead atoms. The molecule has 0 fully saturated rings. The lowest BCUT2D eigenvalue weighted by atomic mass is 10.1. The van der Waals surface area contributed by atoms with E-state index in [1.807, 2.05) is 36.4 Å². The van der Waals surface area contributed by atoms with E-state index in [0.29, 0.717) is 18.3 Å². The van der Waals surface area contributed by atoms with Crippen LogP contribution in [0, 0.1) is 0 Å². The van der Waals surface area contributed by atoms with Gasteiger partial charge in [-0.05, 0) is 29.9 Å². The molecule has 1 aromatic heterocycles. The summed E-state index contributed by atoms with van der Waals surface area (Å²) in [6.07, 6.45) is 0. The van der Waals surface area contributed by atoms with Gasteiger partial charge in [0, 0.05) is 18.7 Å². The number of hydrogen-bond acceptors (Lipinski definition) is 5. The van der Waals surface area contributed by atoms with E-state index in [4.69, 9.17) is 34.8 Å². The van der Waals surface area contributed by atoms with Crippen LogP contribution < -0.4 is 5.32 Å². The monoisotopic (exact) mass is 437 g/mol. The van der Waals surface area contributed by atoms with Crippen molar-refractivity contribution in [2.75, 3.05) is 31.5 Å². The van der Waals surface area contributed by atoms with Gasteiger partial charge in [-0.2, -0.15) is 9.97 Å². The molecule has 0 unspecified atom stereocenters. The van der Waals surface area contributed by atoms with Gasteiger partial charge in [0.15, 0.2) is 11.6 Å². The average molecular weight is 439 g/mol. The van der Waals surface area contributed by atoms with Crippen molar-refractivity contribution in [2.45, 2.75) is 17.6 Å². The van der Waals surface area contributed by atoms with E-state index in [1.54, 1.807) is 0 Å². The Kier molecular flexibility index (Phi) is 6.94. The summed E-state index contributed by atoms with van der Waals surface area (Å²) in [5.74, 6) is 0.958. The van der Waals surface area contributed by atoms with E-state index < -0.39 is 3.79 Å². The Morgan fingerprint density at radius 2 is 1.64 bits per heavy atom. The van der Waals surface area contributed by atoms with E-state index in [1.165, 1.54) is 0 Å². The van der Waals surface area contributed by atoms with E-state index in [2.05, 4.69) is 45.1 Å². The van der Waals surface area contributed by atoms with E-state index >= 15 is 0 Å². The smallest absolute Gasteiger partial charge is 0.250 e. The summed E-state index contributed by atoms with van der Waals surface area (Å²) >= 11 is 18.2. The molecule has 3 aromatic rings. The summed E-state index contributed by atoms with van der Waals surface area (Å²) in [6.45, 7) is 7.78. The molecular formula is C20H22Cl3N5. The zero-order valence-corrected chi connectivity index (χ0v) is 18.1. The highest BCUT2D eigenvalue weighted by atomic mass is 35.6. The maximum Gasteiger partial charge on any atom is 0.250 e. The molecular weight excluding hydrogens is 417 g/mol. The Morgan fingerprint density at radius 1 is 0.929 bits per heavy atom. The van der Waals surface area contributed by atoms with Crippen molar-refractivity contribution in [3.63, 3.8) is 0 Å². The topological polar surface area (TPSA) is 53.9 Å². The van der Waals surface area contributed by atoms with Gasteiger partial charge in [-0.15, -0.1) is 0 Å². The Labute approximate surface area is 180 Å². The lowest BCUT2D eigenvalue weighted by Crippen LogP contribution is -2.29. The van der Waals surface area contributed by atoms with Crippen LogP contribution in [0.3, 0.4) is 0 Å². The molecule has 8 heteroatoms. The third-order valence-corrected chi connectivity index (χ3v) is 5.01. The zero-order valence-electron chi connectivity index (χ0n) is 15.8. The average Bonchev–Trinajstić information content (AvgIpc) is 2.70. The molecule has 0 aliphatic rings. The standard InChI is InChI=1S/C20H22Cl3N5/c1-3-28(4-2)12-11-24-19-26-17(25-18(27-19)20(21,22)23)16-10-9-14-7-5-6-8-15(14)13-16/h5-10,13H,3-4,11-12H2,1-2H3,(H,24,25,26,27). The van der Waals surface area contributed by atoms with Crippen molar-refractivity contribution in [3.05, 3.63) is 48.3 Å². The number of aromatic nitrogens is 3. The lowest BCUT2D eigenvalue weighted by Gasteiger charge is -2.18. The number of nitrogens with zero attached hydrogens (tertiary/aromatic N) is 4. The van der Waals surface area contributed by atoms with Crippen LogP contribution in [0.15, 0.2) is 42.5 Å². The summed E-state index contributed by atoms with van der Waals surface area (Å²) in [5.41, 5.74) is 0.836. The van der Waals surface area contributed by atoms with Crippen LogP contribution in [-0.2, 0) is 3.79 Å². The second-order valence-corrected chi connectivity index (χ2v) is 8.60. The number of benzene rings is 2. The second kappa shape index (κ2) is 9.23. The number of alkyl halides is 3. The number of likely N-dealkylation sites (N-methyl/N-ethyl adjacent to an activating group) is 1. The molecule has 0 aliphatic carbocycles. The maximum absolute atomic E-state index is 6.06. The van der Waals surface area contributed by atoms with Crippen LogP contribution in [0.4, 0.5) is 5.95 Å². The minimum absolute atomic E-state index is 0.0981. The number of fused-ring (bicyclic) bond motifs is 1. The van der Waals surface area contributed by atoms with Crippen LogP contribution in [0.25, 0.3) is 22.2 Å². The molecule has 0 saturated carbocycles.